The molecule has 0 saturated heterocycles. The Hall–Kier alpha value is -1.47. The summed E-state index contributed by atoms with van der Waals surface area (Å²) in [6.45, 7) is 1.92. The van der Waals surface area contributed by atoms with Gasteiger partial charge in [0, 0.05) is 7.05 Å². The zero-order valence-corrected chi connectivity index (χ0v) is 12.6. The first-order chi connectivity index (χ1) is 8.99. The Bertz CT molecular complexity index is 845. The van der Waals surface area contributed by atoms with E-state index in [4.69, 9.17) is 12.2 Å². The van der Waals surface area contributed by atoms with Crippen LogP contribution in [0.5, 0.6) is 0 Å². The summed E-state index contributed by atoms with van der Waals surface area (Å²) < 4.78 is 17.9. The molecular formula is C12H10BrFN4S. The van der Waals surface area contributed by atoms with E-state index in [1.807, 2.05) is 18.5 Å². The predicted molar refractivity (Wildman–Crippen MR) is 77.6 cm³/mol. The topological polar surface area (TPSA) is 38.5 Å². The number of H-pyrrole nitrogens is 1. The van der Waals surface area contributed by atoms with E-state index in [0.717, 1.165) is 22.5 Å². The van der Waals surface area contributed by atoms with Gasteiger partial charge in [0.15, 0.2) is 10.4 Å². The lowest BCUT2D eigenvalue weighted by Gasteiger charge is -2.06. The number of imidazole rings is 1. The van der Waals surface area contributed by atoms with Crippen molar-refractivity contribution in [2.45, 2.75) is 6.92 Å². The molecule has 0 spiro atoms. The number of benzene rings is 1. The Balaban J connectivity index is 2.38. The zero-order chi connectivity index (χ0) is 13.7. The van der Waals surface area contributed by atoms with Crippen molar-refractivity contribution < 1.29 is 4.39 Å². The third-order valence-corrected chi connectivity index (χ3v) is 3.89. The quantitative estimate of drug-likeness (QED) is 0.687. The second-order valence-electron chi connectivity index (χ2n) is 4.27. The van der Waals surface area contributed by atoms with E-state index in [9.17, 15) is 4.39 Å². The Kier molecular flexibility index (Phi) is 2.83. The smallest absolute Gasteiger partial charge is 0.184 e. The molecule has 19 heavy (non-hydrogen) atoms. The highest BCUT2D eigenvalue weighted by atomic mass is 79.9. The van der Waals surface area contributed by atoms with Crippen molar-refractivity contribution in [1.29, 1.82) is 0 Å². The van der Waals surface area contributed by atoms with Gasteiger partial charge in [-0.2, -0.15) is 5.10 Å². The van der Waals surface area contributed by atoms with Gasteiger partial charge in [-0.15, -0.1) is 0 Å². The minimum atomic E-state index is -0.303. The summed E-state index contributed by atoms with van der Waals surface area (Å²) in [6.07, 6.45) is 0. The largest absolute Gasteiger partial charge is 0.327 e. The fourth-order valence-electron chi connectivity index (χ4n) is 2.17. The Morgan fingerprint density at radius 1 is 1.42 bits per heavy atom. The Morgan fingerprint density at radius 3 is 2.84 bits per heavy atom. The van der Waals surface area contributed by atoms with E-state index in [-0.39, 0.29) is 5.82 Å². The van der Waals surface area contributed by atoms with Gasteiger partial charge in [0.05, 0.1) is 15.9 Å². The van der Waals surface area contributed by atoms with Crippen LogP contribution in [0.4, 0.5) is 4.39 Å². The van der Waals surface area contributed by atoms with Crippen molar-refractivity contribution in [3.8, 4) is 5.69 Å². The molecule has 0 saturated carbocycles. The molecule has 98 valence electrons. The minimum Gasteiger partial charge on any atom is -0.327 e. The maximum Gasteiger partial charge on any atom is 0.184 e. The number of nitrogens with one attached hydrogen (secondary N) is 1. The van der Waals surface area contributed by atoms with Crippen LogP contribution in [0.1, 0.15) is 5.69 Å². The molecule has 0 atom stereocenters. The maximum atomic E-state index is 13.3. The Morgan fingerprint density at radius 2 is 2.16 bits per heavy atom. The average molecular weight is 341 g/mol. The number of hydrogen-bond acceptors (Lipinski definition) is 2. The van der Waals surface area contributed by atoms with E-state index >= 15 is 0 Å². The fraction of sp³-hybridized carbons (Fsp3) is 0.167. The molecule has 0 fully saturated rings. The summed E-state index contributed by atoms with van der Waals surface area (Å²) in [7, 11) is 1.85. The highest BCUT2D eigenvalue weighted by molar-refractivity contribution is 9.10. The molecule has 0 aliphatic carbocycles. The van der Waals surface area contributed by atoms with Crippen molar-refractivity contribution in [3.05, 3.63) is 39.0 Å². The van der Waals surface area contributed by atoms with Gasteiger partial charge in [-0.25, -0.2) is 9.07 Å². The molecule has 7 heteroatoms. The van der Waals surface area contributed by atoms with Gasteiger partial charge in [-0.3, -0.25) is 4.57 Å². The van der Waals surface area contributed by atoms with Gasteiger partial charge in [0.2, 0.25) is 0 Å². The molecule has 0 aliphatic rings. The second-order valence-corrected chi connectivity index (χ2v) is 5.51. The number of rotatable bonds is 1. The fourth-order valence-corrected chi connectivity index (χ4v) is 2.83. The van der Waals surface area contributed by atoms with Crippen molar-refractivity contribution in [3.63, 3.8) is 0 Å². The molecule has 0 unspecified atom stereocenters. The first-order valence-electron chi connectivity index (χ1n) is 5.59. The zero-order valence-electron chi connectivity index (χ0n) is 10.2. The van der Waals surface area contributed by atoms with E-state index in [1.165, 1.54) is 6.07 Å². The predicted octanol–water partition coefficient (Wildman–Crippen LogP) is 3.63. The highest BCUT2D eigenvalue weighted by Crippen LogP contribution is 2.24. The minimum absolute atomic E-state index is 0.303. The highest BCUT2D eigenvalue weighted by Gasteiger charge is 2.14. The summed E-state index contributed by atoms with van der Waals surface area (Å²) in [5.41, 5.74) is 3.42. The van der Waals surface area contributed by atoms with Crippen molar-refractivity contribution in [2.75, 3.05) is 0 Å². The first-order valence-corrected chi connectivity index (χ1v) is 6.79. The lowest BCUT2D eigenvalue weighted by atomic mass is 10.3. The monoisotopic (exact) mass is 340 g/mol. The van der Waals surface area contributed by atoms with Crippen molar-refractivity contribution in [1.82, 2.24) is 19.3 Å². The van der Waals surface area contributed by atoms with Crippen LogP contribution in [0.3, 0.4) is 0 Å². The summed E-state index contributed by atoms with van der Waals surface area (Å²) in [5.74, 6) is -0.303. The molecule has 1 aromatic carbocycles. The third kappa shape index (κ3) is 1.84. The molecule has 0 aliphatic heterocycles. The molecular weight excluding hydrogens is 331 g/mol. The first kappa shape index (κ1) is 12.6. The second kappa shape index (κ2) is 4.28. The lowest BCUT2D eigenvalue weighted by Crippen LogP contribution is -2.01. The van der Waals surface area contributed by atoms with Gasteiger partial charge in [0.1, 0.15) is 11.3 Å². The summed E-state index contributed by atoms with van der Waals surface area (Å²) in [4.78, 5) is 3.13. The normalized spacial score (nSPS) is 11.4. The van der Waals surface area contributed by atoms with Gasteiger partial charge < -0.3 is 4.98 Å². The van der Waals surface area contributed by atoms with Crippen LogP contribution in [-0.4, -0.2) is 19.3 Å². The van der Waals surface area contributed by atoms with Gasteiger partial charge in [-0.1, -0.05) is 0 Å². The van der Waals surface area contributed by atoms with Crippen LogP contribution in [0.2, 0.25) is 0 Å². The van der Waals surface area contributed by atoms with Crippen molar-refractivity contribution >= 4 is 39.3 Å². The molecule has 0 amide bonds. The maximum absolute atomic E-state index is 13.3. The lowest BCUT2D eigenvalue weighted by molar-refractivity contribution is 0.620. The number of aryl methyl sites for hydroxylation is 2. The molecule has 2 aromatic heterocycles. The number of hydrogen-bond donors (Lipinski definition) is 1. The number of halogens is 2. The van der Waals surface area contributed by atoms with E-state index in [0.29, 0.717) is 9.24 Å². The summed E-state index contributed by atoms with van der Waals surface area (Å²) >= 11 is 8.53. The van der Waals surface area contributed by atoms with Crippen LogP contribution >= 0.6 is 28.1 Å². The van der Waals surface area contributed by atoms with E-state index in [1.54, 1.807) is 16.8 Å². The summed E-state index contributed by atoms with van der Waals surface area (Å²) in [5, 5.41) is 4.35. The molecule has 2 heterocycles. The van der Waals surface area contributed by atoms with Crippen LogP contribution in [0.15, 0.2) is 22.7 Å². The van der Waals surface area contributed by atoms with Gasteiger partial charge >= 0.3 is 0 Å². The number of aromatic nitrogens is 4. The van der Waals surface area contributed by atoms with E-state index < -0.39 is 0 Å². The molecule has 3 aromatic rings. The van der Waals surface area contributed by atoms with Crippen LogP contribution in [0.25, 0.3) is 16.9 Å². The van der Waals surface area contributed by atoms with Crippen LogP contribution < -0.4 is 0 Å². The number of fused-ring (bicyclic) bond motifs is 1. The molecule has 4 nitrogen and oxygen atoms in total. The number of nitrogens with zero attached hydrogens (tertiary/aromatic N) is 3. The van der Waals surface area contributed by atoms with E-state index in [2.05, 4.69) is 26.0 Å². The van der Waals surface area contributed by atoms with Gasteiger partial charge in [-0.05, 0) is 53.3 Å². The molecule has 1 N–H and O–H groups in total. The molecule has 0 bridgehead atoms. The number of aromatic amines is 1. The third-order valence-electron chi connectivity index (χ3n) is 3.00. The van der Waals surface area contributed by atoms with Crippen molar-refractivity contribution in [2.24, 2.45) is 7.05 Å². The van der Waals surface area contributed by atoms with Crippen LogP contribution in [0, 0.1) is 17.5 Å². The van der Waals surface area contributed by atoms with Crippen LogP contribution in [-0.2, 0) is 7.05 Å². The SMILES string of the molecule is Cc1nn(C)c2c1[nH]c(=S)n2-c1ccc(F)c(Br)c1. The van der Waals surface area contributed by atoms with Gasteiger partial charge in [0.25, 0.3) is 0 Å². The summed E-state index contributed by atoms with van der Waals surface area (Å²) in [6, 6.07) is 4.79. The Labute approximate surface area is 122 Å². The molecule has 3 rings (SSSR count). The molecule has 0 radical (unpaired) electrons. The average Bonchev–Trinajstić information content (AvgIpc) is 2.82. The standard InChI is InChI=1S/C12H10BrFN4S/c1-6-10-11(17(2)16-6)18(12(19)15-10)7-3-4-9(14)8(13)5-7/h3-5H,1-2H3,(H,15,19).